The molecule has 1 aliphatic rings. The van der Waals surface area contributed by atoms with Crippen LogP contribution in [0.15, 0.2) is 10.4 Å². The molecule has 2 nitrogen and oxygen atoms in total. The summed E-state index contributed by atoms with van der Waals surface area (Å²) in [5, 5.41) is 2.29. The maximum absolute atomic E-state index is 4.49. The van der Waals surface area contributed by atoms with Gasteiger partial charge < -0.3 is 4.57 Å². The van der Waals surface area contributed by atoms with Crippen LogP contribution >= 0.6 is 11.3 Å². The van der Waals surface area contributed by atoms with Crippen LogP contribution in [-0.2, 0) is 6.54 Å². The highest BCUT2D eigenvalue weighted by Crippen LogP contribution is 2.40. The molecule has 1 aromatic rings. The monoisotopic (exact) mass is 196 g/mol. The third-order valence-corrected chi connectivity index (χ3v) is 3.35. The molecule has 3 heteroatoms. The van der Waals surface area contributed by atoms with E-state index in [4.69, 9.17) is 0 Å². The number of nitrogens with zero attached hydrogens (tertiary/aromatic N) is 2. The van der Waals surface area contributed by atoms with Crippen LogP contribution in [-0.4, -0.2) is 11.1 Å². The van der Waals surface area contributed by atoms with Gasteiger partial charge in [0.05, 0.1) is 0 Å². The topological polar surface area (TPSA) is 17.3 Å². The lowest BCUT2D eigenvalue weighted by Gasteiger charge is -2.03. The molecule has 1 aliphatic carbocycles. The molecule has 2 rings (SSSR count). The van der Waals surface area contributed by atoms with E-state index < -0.39 is 0 Å². The van der Waals surface area contributed by atoms with Crippen molar-refractivity contribution in [3.63, 3.8) is 0 Å². The number of thiazole rings is 1. The summed E-state index contributed by atoms with van der Waals surface area (Å²) in [6, 6.07) is 0. The Morgan fingerprint density at radius 3 is 2.85 bits per heavy atom. The van der Waals surface area contributed by atoms with Crippen molar-refractivity contribution in [2.45, 2.75) is 39.2 Å². The molecule has 0 bridgehead atoms. The third kappa shape index (κ3) is 1.70. The first-order valence-electron chi connectivity index (χ1n) is 5.05. The summed E-state index contributed by atoms with van der Waals surface area (Å²) in [6.07, 6.45) is 2.75. The van der Waals surface area contributed by atoms with Gasteiger partial charge in [-0.05, 0) is 26.7 Å². The van der Waals surface area contributed by atoms with E-state index in [0.29, 0.717) is 0 Å². The van der Waals surface area contributed by atoms with Gasteiger partial charge in [-0.25, -0.2) is 0 Å². The Balaban J connectivity index is 2.41. The summed E-state index contributed by atoms with van der Waals surface area (Å²) in [7, 11) is 0. The van der Waals surface area contributed by atoms with Gasteiger partial charge in [-0.3, -0.25) is 4.99 Å². The van der Waals surface area contributed by atoms with E-state index in [2.05, 4.69) is 28.8 Å². The molecule has 0 spiro atoms. The zero-order chi connectivity index (χ0) is 9.26. The zero-order valence-corrected chi connectivity index (χ0v) is 9.10. The van der Waals surface area contributed by atoms with Gasteiger partial charge in [0.25, 0.3) is 0 Å². The Bertz CT molecular complexity index is 344. The molecule has 0 saturated heterocycles. The lowest BCUT2D eigenvalue weighted by atomic mass is 10.3. The maximum Gasteiger partial charge on any atom is 0.184 e. The average Bonchev–Trinajstić information content (AvgIpc) is 2.89. The third-order valence-electron chi connectivity index (χ3n) is 2.43. The van der Waals surface area contributed by atoms with E-state index in [1.807, 2.05) is 0 Å². The molecule has 0 radical (unpaired) electrons. The minimum Gasteiger partial charge on any atom is -0.321 e. The highest BCUT2D eigenvalue weighted by atomic mass is 32.1. The highest BCUT2D eigenvalue weighted by Gasteiger charge is 2.26. The number of hydrogen-bond donors (Lipinski definition) is 0. The van der Waals surface area contributed by atoms with Crippen LogP contribution < -0.4 is 4.80 Å². The standard InChI is InChI=1S/C10H16N2S/c1-3-11-10-12(4-2)9(7-13-10)8-5-6-8/h7-8H,3-6H2,1-2H3. The van der Waals surface area contributed by atoms with Gasteiger partial charge in [0.15, 0.2) is 4.80 Å². The van der Waals surface area contributed by atoms with Gasteiger partial charge in [-0.15, -0.1) is 11.3 Å². The maximum atomic E-state index is 4.49. The van der Waals surface area contributed by atoms with Crippen LogP contribution in [0.3, 0.4) is 0 Å². The molecule has 0 aliphatic heterocycles. The first-order chi connectivity index (χ1) is 6.36. The molecule has 1 fully saturated rings. The van der Waals surface area contributed by atoms with Crippen molar-refractivity contribution in [2.24, 2.45) is 4.99 Å². The molecule has 1 aromatic heterocycles. The SMILES string of the molecule is CCN=c1scc(C2CC2)n1CC. The molecule has 0 amide bonds. The molecular weight excluding hydrogens is 180 g/mol. The van der Waals surface area contributed by atoms with Crippen molar-refractivity contribution in [1.29, 1.82) is 0 Å². The van der Waals surface area contributed by atoms with Crippen molar-refractivity contribution >= 4 is 11.3 Å². The first-order valence-corrected chi connectivity index (χ1v) is 5.93. The van der Waals surface area contributed by atoms with Crippen molar-refractivity contribution in [1.82, 2.24) is 4.57 Å². The summed E-state index contributed by atoms with van der Waals surface area (Å²) in [5.41, 5.74) is 1.51. The van der Waals surface area contributed by atoms with E-state index in [1.54, 1.807) is 11.3 Å². The largest absolute Gasteiger partial charge is 0.321 e. The fourth-order valence-corrected chi connectivity index (χ4v) is 2.73. The van der Waals surface area contributed by atoms with Crippen LogP contribution in [0, 0.1) is 0 Å². The molecule has 72 valence electrons. The van der Waals surface area contributed by atoms with Crippen LogP contribution in [0.1, 0.15) is 38.3 Å². The molecule has 13 heavy (non-hydrogen) atoms. The predicted octanol–water partition coefficient (Wildman–Crippen LogP) is 2.37. The molecular formula is C10H16N2S. The van der Waals surface area contributed by atoms with Gasteiger partial charge >= 0.3 is 0 Å². The first kappa shape index (κ1) is 9.00. The minimum atomic E-state index is 0.844. The zero-order valence-electron chi connectivity index (χ0n) is 8.29. The number of hydrogen-bond acceptors (Lipinski definition) is 2. The van der Waals surface area contributed by atoms with E-state index >= 15 is 0 Å². The second-order valence-corrected chi connectivity index (χ2v) is 4.27. The lowest BCUT2D eigenvalue weighted by molar-refractivity contribution is 0.682. The second-order valence-electron chi connectivity index (χ2n) is 3.44. The Morgan fingerprint density at radius 1 is 1.54 bits per heavy atom. The number of rotatable bonds is 3. The average molecular weight is 196 g/mol. The molecule has 1 saturated carbocycles. The predicted molar refractivity (Wildman–Crippen MR) is 56.1 cm³/mol. The van der Waals surface area contributed by atoms with Crippen molar-refractivity contribution < 1.29 is 0 Å². The fraction of sp³-hybridized carbons (Fsp3) is 0.700. The van der Waals surface area contributed by atoms with Crippen LogP contribution in [0.4, 0.5) is 0 Å². The smallest absolute Gasteiger partial charge is 0.184 e. The van der Waals surface area contributed by atoms with Gasteiger partial charge in [0, 0.05) is 30.1 Å². The van der Waals surface area contributed by atoms with Gasteiger partial charge in [0.1, 0.15) is 0 Å². The van der Waals surface area contributed by atoms with E-state index in [1.165, 1.54) is 23.3 Å². The van der Waals surface area contributed by atoms with Crippen LogP contribution in [0.25, 0.3) is 0 Å². The fourth-order valence-electron chi connectivity index (χ4n) is 1.62. The molecule has 0 aromatic carbocycles. The van der Waals surface area contributed by atoms with Crippen molar-refractivity contribution in [3.8, 4) is 0 Å². The van der Waals surface area contributed by atoms with Crippen molar-refractivity contribution in [3.05, 3.63) is 15.9 Å². The Hall–Kier alpha value is -0.570. The summed E-state index contributed by atoms with van der Waals surface area (Å²) in [5.74, 6) is 0.844. The van der Waals surface area contributed by atoms with E-state index in [0.717, 1.165) is 19.0 Å². The van der Waals surface area contributed by atoms with Crippen LogP contribution in [0.5, 0.6) is 0 Å². The lowest BCUT2D eigenvalue weighted by Crippen LogP contribution is -2.16. The normalized spacial score (nSPS) is 18.2. The van der Waals surface area contributed by atoms with Gasteiger partial charge in [-0.2, -0.15) is 0 Å². The summed E-state index contributed by atoms with van der Waals surface area (Å²) in [4.78, 5) is 5.69. The van der Waals surface area contributed by atoms with Gasteiger partial charge in [-0.1, -0.05) is 0 Å². The Kier molecular flexibility index (Phi) is 2.54. The summed E-state index contributed by atoms with van der Waals surface area (Å²) >= 11 is 1.79. The highest BCUT2D eigenvalue weighted by molar-refractivity contribution is 7.07. The van der Waals surface area contributed by atoms with Crippen LogP contribution in [0.2, 0.25) is 0 Å². The molecule has 1 heterocycles. The molecule has 0 unspecified atom stereocenters. The van der Waals surface area contributed by atoms with E-state index in [-0.39, 0.29) is 0 Å². The second kappa shape index (κ2) is 3.66. The Morgan fingerprint density at radius 2 is 2.31 bits per heavy atom. The summed E-state index contributed by atoms with van der Waals surface area (Å²) < 4.78 is 2.37. The Labute approximate surface area is 82.9 Å². The minimum absolute atomic E-state index is 0.844. The molecule has 0 N–H and O–H groups in total. The van der Waals surface area contributed by atoms with E-state index in [9.17, 15) is 0 Å². The van der Waals surface area contributed by atoms with Crippen molar-refractivity contribution in [2.75, 3.05) is 6.54 Å². The quantitative estimate of drug-likeness (QED) is 0.706. The molecule has 0 atom stereocenters. The van der Waals surface area contributed by atoms with Gasteiger partial charge in [0.2, 0.25) is 0 Å². The number of aromatic nitrogens is 1. The summed E-state index contributed by atoms with van der Waals surface area (Å²) in [6.45, 7) is 6.25.